The minimum Gasteiger partial charge on any atom is -0.454 e. The second kappa shape index (κ2) is 6.04. The molecule has 0 bridgehead atoms. The van der Waals surface area contributed by atoms with E-state index in [-0.39, 0.29) is 0 Å². The molecule has 0 amide bonds. The highest BCUT2D eigenvalue weighted by atomic mass is 16.7. The van der Waals surface area contributed by atoms with Gasteiger partial charge in [-0.05, 0) is 62.6 Å². The van der Waals surface area contributed by atoms with Gasteiger partial charge in [-0.25, -0.2) is 0 Å². The van der Waals surface area contributed by atoms with Crippen LogP contribution in [0.5, 0.6) is 11.5 Å². The highest BCUT2D eigenvalue weighted by Gasteiger charge is 2.22. The van der Waals surface area contributed by atoms with E-state index in [0.29, 0.717) is 12.8 Å². The normalized spacial score (nSPS) is 25.9. The summed E-state index contributed by atoms with van der Waals surface area (Å²) in [7, 11) is 0. The van der Waals surface area contributed by atoms with Crippen LogP contribution in [0.15, 0.2) is 18.2 Å². The van der Waals surface area contributed by atoms with Crippen molar-refractivity contribution >= 4 is 0 Å². The van der Waals surface area contributed by atoms with Gasteiger partial charge < -0.3 is 14.8 Å². The molecule has 1 heterocycles. The molecule has 3 rings (SSSR count). The van der Waals surface area contributed by atoms with Gasteiger partial charge in [0.25, 0.3) is 0 Å². The maximum atomic E-state index is 5.43. The van der Waals surface area contributed by atoms with Crippen molar-refractivity contribution in [2.75, 3.05) is 6.79 Å². The van der Waals surface area contributed by atoms with Crippen LogP contribution in [0.2, 0.25) is 0 Å². The zero-order valence-electron chi connectivity index (χ0n) is 12.5. The van der Waals surface area contributed by atoms with Gasteiger partial charge in [-0.2, -0.15) is 0 Å². The molecule has 3 nitrogen and oxygen atoms in total. The molecule has 0 spiro atoms. The molecule has 0 saturated heterocycles. The molecule has 1 saturated carbocycles. The number of nitrogens with one attached hydrogen (secondary N) is 1. The van der Waals surface area contributed by atoms with Crippen LogP contribution in [0.25, 0.3) is 0 Å². The minimum absolute atomic E-state index is 0.358. The predicted octanol–water partition coefficient (Wildman–Crippen LogP) is 3.51. The molecule has 2 aliphatic rings. The third-order valence-corrected chi connectivity index (χ3v) is 4.52. The van der Waals surface area contributed by atoms with E-state index >= 15 is 0 Å². The van der Waals surface area contributed by atoms with Gasteiger partial charge in [-0.1, -0.05) is 13.0 Å². The number of hydrogen-bond acceptors (Lipinski definition) is 3. The van der Waals surface area contributed by atoms with Gasteiger partial charge in [0.1, 0.15) is 0 Å². The van der Waals surface area contributed by atoms with Crippen LogP contribution in [0, 0.1) is 5.92 Å². The third kappa shape index (κ3) is 3.26. The van der Waals surface area contributed by atoms with Crippen molar-refractivity contribution in [1.29, 1.82) is 0 Å². The summed E-state index contributed by atoms with van der Waals surface area (Å²) in [5, 5.41) is 3.78. The zero-order chi connectivity index (χ0) is 13.9. The van der Waals surface area contributed by atoms with Crippen molar-refractivity contribution in [3.63, 3.8) is 0 Å². The summed E-state index contributed by atoms with van der Waals surface area (Å²) in [6.45, 7) is 5.02. The maximum absolute atomic E-state index is 5.43. The first-order valence-corrected chi connectivity index (χ1v) is 7.85. The van der Waals surface area contributed by atoms with Gasteiger partial charge in [0.05, 0.1) is 0 Å². The Kier molecular flexibility index (Phi) is 4.16. The molecule has 1 N–H and O–H groups in total. The molecule has 3 unspecified atom stereocenters. The van der Waals surface area contributed by atoms with E-state index in [1.165, 1.54) is 31.2 Å². The Morgan fingerprint density at radius 3 is 2.90 bits per heavy atom. The molecule has 1 aliphatic carbocycles. The molecule has 20 heavy (non-hydrogen) atoms. The SMILES string of the molecule is CC1CCC(NC(C)CCc2ccc3c(c2)OCO3)C1. The summed E-state index contributed by atoms with van der Waals surface area (Å²) in [6, 6.07) is 7.60. The second-order valence-electron chi connectivity index (χ2n) is 6.41. The van der Waals surface area contributed by atoms with E-state index in [2.05, 4.69) is 31.3 Å². The molecule has 1 aromatic carbocycles. The first-order chi connectivity index (χ1) is 9.70. The van der Waals surface area contributed by atoms with Crippen molar-refractivity contribution < 1.29 is 9.47 Å². The van der Waals surface area contributed by atoms with E-state index in [1.54, 1.807) is 0 Å². The molecule has 3 heteroatoms. The number of ether oxygens (including phenoxy) is 2. The summed E-state index contributed by atoms with van der Waals surface area (Å²) in [4.78, 5) is 0. The molecule has 1 aromatic rings. The summed E-state index contributed by atoms with van der Waals surface area (Å²) < 4.78 is 10.8. The number of aryl methyl sites for hydroxylation is 1. The van der Waals surface area contributed by atoms with Gasteiger partial charge in [0.2, 0.25) is 6.79 Å². The van der Waals surface area contributed by atoms with Crippen molar-refractivity contribution in [1.82, 2.24) is 5.32 Å². The van der Waals surface area contributed by atoms with Gasteiger partial charge in [-0.15, -0.1) is 0 Å². The fourth-order valence-corrected chi connectivity index (χ4v) is 3.32. The first-order valence-electron chi connectivity index (χ1n) is 7.85. The van der Waals surface area contributed by atoms with Crippen LogP contribution >= 0.6 is 0 Å². The number of hydrogen-bond donors (Lipinski definition) is 1. The summed E-state index contributed by atoms with van der Waals surface area (Å²) in [5.74, 6) is 2.67. The lowest BCUT2D eigenvalue weighted by molar-refractivity contribution is 0.174. The monoisotopic (exact) mass is 275 g/mol. The third-order valence-electron chi connectivity index (χ3n) is 4.52. The topological polar surface area (TPSA) is 30.5 Å². The molecule has 1 aliphatic heterocycles. The molecule has 1 fully saturated rings. The van der Waals surface area contributed by atoms with Gasteiger partial charge in [0, 0.05) is 12.1 Å². The largest absolute Gasteiger partial charge is 0.454 e. The van der Waals surface area contributed by atoms with Crippen molar-refractivity contribution in [3.8, 4) is 11.5 Å². The Hall–Kier alpha value is -1.22. The molecule has 0 radical (unpaired) electrons. The summed E-state index contributed by atoms with van der Waals surface area (Å²) >= 11 is 0. The van der Waals surface area contributed by atoms with Crippen LogP contribution < -0.4 is 14.8 Å². The molecule has 0 aromatic heterocycles. The van der Waals surface area contributed by atoms with Crippen LogP contribution in [0.3, 0.4) is 0 Å². The molecular weight excluding hydrogens is 250 g/mol. The smallest absolute Gasteiger partial charge is 0.231 e. The van der Waals surface area contributed by atoms with Crippen molar-refractivity contribution in [3.05, 3.63) is 23.8 Å². The highest BCUT2D eigenvalue weighted by molar-refractivity contribution is 5.44. The summed E-state index contributed by atoms with van der Waals surface area (Å²) in [6.07, 6.45) is 6.33. The Bertz CT molecular complexity index is 460. The average molecular weight is 275 g/mol. The van der Waals surface area contributed by atoms with Gasteiger partial charge in [-0.3, -0.25) is 0 Å². The van der Waals surface area contributed by atoms with Crippen LogP contribution in [0.4, 0.5) is 0 Å². The zero-order valence-corrected chi connectivity index (χ0v) is 12.5. The van der Waals surface area contributed by atoms with Crippen molar-refractivity contribution in [2.45, 2.75) is 58.0 Å². The fourth-order valence-electron chi connectivity index (χ4n) is 3.32. The van der Waals surface area contributed by atoms with E-state index in [9.17, 15) is 0 Å². The maximum Gasteiger partial charge on any atom is 0.231 e. The second-order valence-corrected chi connectivity index (χ2v) is 6.41. The standard InChI is InChI=1S/C17H25NO2/c1-12-3-7-15(9-12)18-13(2)4-5-14-6-8-16-17(10-14)20-11-19-16/h6,8,10,12-13,15,18H,3-5,7,9,11H2,1-2H3. The number of fused-ring (bicyclic) bond motifs is 1. The highest BCUT2D eigenvalue weighted by Crippen LogP contribution is 2.33. The van der Waals surface area contributed by atoms with Gasteiger partial charge in [0.15, 0.2) is 11.5 Å². The van der Waals surface area contributed by atoms with Gasteiger partial charge >= 0.3 is 0 Å². The molecule has 3 atom stereocenters. The quantitative estimate of drug-likeness (QED) is 0.892. The van der Waals surface area contributed by atoms with E-state index in [1.807, 2.05) is 6.07 Å². The average Bonchev–Trinajstić information content (AvgIpc) is 3.04. The summed E-state index contributed by atoms with van der Waals surface area (Å²) in [5.41, 5.74) is 1.34. The minimum atomic E-state index is 0.358. The molecular formula is C17H25NO2. The Morgan fingerprint density at radius 1 is 1.25 bits per heavy atom. The van der Waals surface area contributed by atoms with E-state index in [0.717, 1.165) is 29.9 Å². The lowest BCUT2D eigenvalue weighted by Gasteiger charge is -2.19. The Morgan fingerprint density at radius 2 is 2.10 bits per heavy atom. The van der Waals surface area contributed by atoms with E-state index < -0.39 is 0 Å². The fraction of sp³-hybridized carbons (Fsp3) is 0.647. The first kappa shape index (κ1) is 13.7. The predicted molar refractivity (Wildman–Crippen MR) is 80.3 cm³/mol. The molecule has 110 valence electrons. The van der Waals surface area contributed by atoms with E-state index in [4.69, 9.17) is 9.47 Å². The van der Waals surface area contributed by atoms with Crippen LogP contribution in [-0.2, 0) is 6.42 Å². The number of rotatable bonds is 5. The van der Waals surface area contributed by atoms with Crippen LogP contribution in [-0.4, -0.2) is 18.9 Å². The van der Waals surface area contributed by atoms with Crippen molar-refractivity contribution in [2.24, 2.45) is 5.92 Å². The Balaban J connectivity index is 1.46. The lowest BCUT2D eigenvalue weighted by atomic mass is 10.0. The van der Waals surface area contributed by atoms with Crippen LogP contribution in [0.1, 0.15) is 45.1 Å². The number of benzene rings is 1. The Labute approximate surface area is 121 Å². The lowest BCUT2D eigenvalue weighted by Crippen LogP contribution is -2.35.